The summed E-state index contributed by atoms with van der Waals surface area (Å²) in [6.07, 6.45) is 4.45. The monoisotopic (exact) mass is 248 g/mol. The van der Waals surface area contributed by atoms with Gasteiger partial charge >= 0.3 is 0 Å². The van der Waals surface area contributed by atoms with Crippen LogP contribution in [0, 0.1) is 0 Å². The van der Waals surface area contributed by atoms with Crippen molar-refractivity contribution in [3.8, 4) is 0 Å². The maximum Gasteiger partial charge on any atom is 0.258 e. The van der Waals surface area contributed by atoms with E-state index in [1.165, 1.54) is 24.7 Å². The summed E-state index contributed by atoms with van der Waals surface area (Å²) in [5.41, 5.74) is 6.39. The second-order valence-corrected chi connectivity index (χ2v) is 3.69. The van der Waals surface area contributed by atoms with E-state index in [1.54, 1.807) is 12.1 Å². The van der Waals surface area contributed by atoms with Crippen LogP contribution in [0.2, 0.25) is 5.02 Å². The molecule has 3 N–H and O–H groups in total. The molecule has 86 valence electrons. The first-order valence-electron chi connectivity index (χ1n) is 4.79. The predicted octanol–water partition coefficient (Wildman–Crippen LogP) is 1.96. The molecule has 0 radical (unpaired) electrons. The Labute approximate surface area is 103 Å². The number of anilines is 2. The van der Waals surface area contributed by atoms with Crippen LogP contribution in [-0.2, 0) is 0 Å². The van der Waals surface area contributed by atoms with Crippen LogP contribution in [0.25, 0.3) is 0 Å². The molecule has 1 amide bonds. The van der Waals surface area contributed by atoms with Crippen LogP contribution < -0.4 is 11.1 Å². The first-order valence-corrected chi connectivity index (χ1v) is 5.17. The molecule has 2 aromatic rings. The van der Waals surface area contributed by atoms with E-state index in [0.29, 0.717) is 22.1 Å². The second-order valence-electron chi connectivity index (χ2n) is 3.28. The fraction of sp³-hybridized carbons (Fsp3) is 0. The maximum absolute atomic E-state index is 11.8. The quantitative estimate of drug-likeness (QED) is 0.796. The van der Waals surface area contributed by atoms with Crippen molar-refractivity contribution in [2.24, 2.45) is 0 Å². The van der Waals surface area contributed by atoms with Gasteiger partial charge in [0.25, 0.3) is 5.91 Å². The molecule has 0 aliphatic heterocycles. The number of carbonyl (C=O) groups excluding carboxylic acids is 1. The Balaban J connectivity index is 2.21. The van der Waals surface area contributed by atoms with Gasteiger partial charge in [-0.15, -0.1) is 0 Å². The third kappa shape index (κ3) is 2.70. The van der Waals surface area contributed by atoms with Gasteiger partial charge in [0.2, 0.25) is 0 Å². The smallest absolute Gasteiger partial charge is 0.258 e. The highest BCUT2D eigenvalue weighted by molar-refractivity contribution is 6.34. The van der Waals surface area contributed by atoms with Crippen molar-refractivity contribution in [3.05, 3.63) is 47.4 Å². The molecule has 17 heavy (non-hydrogen) atoms. The number of hydrogen-bond acceptors (Lipinski definition) is 4. The van der Waals surface area contributed by atoms with Gasteiger partial charge in [0.05, 0.1) is 16.8 Å². The lowest BCUT2D eigenvalue weighted by Crippen LogP contribution is -2.13. The van der Waals surface area contributed by atoms with Crippen molar-refractivity contribution in [1.29, 1.82) is 0 Å². The third-order valence-electron chi connectivity index (χ3n) is 2.04. The first kappa shape index (κ1) is 11.3. The van der Waals surface area contributed by atoms with Crippen molar-refractivity contribution >= 4 is 29.0 Å². The number of carbonyl (C=O) groups is 1. The predicted molar refractivity (Wildman–Crippen MR) is 65.8 cm³/mol. The number of halogens is 1. The van der Waals surface area contributed by atoms with Gasteiger partial charge in [-0.05, 0) is 18.2 Å². The Bertz CT molecular complexity index is 544. The fourth-order valence-electron chi connectivity index (χ4n) is 1.26. The number of benzene rings is 1. The Morgan fingerprint density at radius 3 is 2.82 bits per heavy atom. The summed E-state index contributed by atoms with van der Waals surface area (Å²) in [7, 11) is 0. The van der Waals surface area contributed by atoms with E-state index in [4.69, 9.17) is 17.3 Å². The summed E-state index contributed by atoms with van der Waals surface area (Å²) in [4.78, 5) is 19.6. The first-order chi connectivity index (χ1) is 8.16. The van der Waals surface area contributed by atoms with Crippen LogP contribution >= 0.6 is 11.6 Å². The van der Waals surface area contributed by atoms with Crippen molar-refractivity contribution in [3.63, 3.8) is 0 Å². The van der Waals surface area contributed by atoms with Crippen LogP contribution in [0.4, 0.5) is 11.5 Å². The number of nitrogens with two attached hydrogens (primary N) is 1. The van der Waals surface area contributed by atoms with Crippen LogP contribution in [-0.4, -0.2) is 15.9 Å². The van der Waals surface area contributed by atoms with Gasteiger partial charge in [0, 0.05) is 18.1 Å². The van der Waals surface area contributed by atoms with E-state index in [9.17, 15) is 4.79 Å². The normalized spacial score (nSPS) is 9.94. The van der Waals surface area contributed by atoms with Crippen LogP contribution in [0.5, 0.6) is 0 Å². The zero-order chi connectivity index (χ0) is 12.3. The van der Waals surface area contributed by atoms with Crippen LogP contribution in [0.3, 0.4) is 0 Å². The molecule has 0 atom stereocenters. The van der Waals surface area contributed by atoms with E-state index < -0.39 is 0 Å². The molecule has 1 heterocycles. The van der Waals surface area contributed by atoms with Crippen molar-refractivity contribution in [2.45, 2.75) is 0 Å². The molecule has 0 bridgehead atoms. The highest BCUT2D eigenvalue weighted by Gasteiger charge is 2.11. The molecule has 5 nitrogen and oxygen atoms in total. The average molecular weight is 249 g/mol. The molecular formula is C11H9ClN4O. The largest absolute Gasteiger partial charge is 0.399 e. The topological polar surface area (TPSA) is 80.9 Å². The van der Waals surface area contributed by atoms with Gasteiger partial charge in [-0.1, -0.05) is 11.6 Å². The van der Waals surface area contributed by atoms with E-state index in [-0.39, 0.29) is 5.91 Å². The summed E-state index contributed by atoms with van der Waals surface area (Å²) in [5.74, 6) is 0.0147. The summed E-state index contributed by atoms with van der Waals surface area (Å²) >= 11 is 5.91. The minimum absolute atomic E-state index is 0.298. The van der Waals surface area contributed by atoms with Crippen molar-refractivity contribution in [2.75, 3.05) is 11.1 Å². The number of nitrogen functional groups attached to an aromatic ring is 1. The highest BCUT2D eigenvalue weighted by Crippen LogP contribution is 2.19. The van der Waals surface area contributed by atoms with Gasteiger partial charge in [-0.25, -0.2) is 4.98 Å². The SMILES string of the molecule is Nc1ccc(C(=O)Nc2cnccn2)c(Cl)c1. The molecule has 0 fully saturated rings. The summed E-state index contributed by atoms with van der Waals surface area (Å²) < 4.78 is 0. The molecule has 0 aliphatic rings. The number of nitrogens with zero attached hydrogens (tertiary/aromatic N) is 2. The van der Waals surface area contributed by atoms with Gasteiger partial charge in [-0.3, -0.25) is 9.78 Å². The van der Waals surface area contributed by atoms with Gasteiger partial charge in [0.1, 0.15) is 0 Å². The van der Waals surface area contributed by atoms with E-state index in [2.05, 4.69) is 15.3 Å². The molecule has 0 spiro atoms. The molecule has 6 heteroatoms. The molecule has 1 aromatic heterocycles. The average Bonchev–Trinajstić information content (AvgIpc) is 2.30. The number of rotatable bonds is 2. The van der Waals surface area contributed by atoms with Crippen LogP contribution in [0.1, 0.15) is 10.4 Å². The minimum atomic E-state index is -0.351. The Kier molecular flexibility index (Phi) is 3.20. The molecule has 0 unspecified atom stereocenters. The van der Waals surface area contributed by atoms with Gasteiger partial charge in [-0.2, -0.15) is 0 Å². The second kappa shape index (κ2) is 4.80. The molecule has 1 aromatic carbocycles. The third-order valence-corrected chi connectivity index (χ3v) is 2.36. The van der Waals surface area contributed by atoms with E-state index >= 15 is 0 Å². The number of amides is 1. The lowest BCUT2D eigenvalue weighted by Gasteiger charge is -2.05. The Morgan fingerprint density at radius 2 is 2.18 bits per heavy atom. The molecule has 0 aliphatic carbocycles. The molecule has 2 rings (SSSR count). The fourth-order valence-corrected chi connectivity index (χ4v) is 1.54. The molecule has 0 saturated carbocycles. The lowest BCUT2D eigenvalue weighted by molar-refractivity contribution is 0.102. The standard InChI is InChI=1S/C11H9ClN4O/c12-9-5-7(13)1-2-8(9)11(17)16-10-6-14-3-4-15-10/h1-6H,13H2,(H,15,16,17). The molecular weight excluding hydrogens is 240 g/mol. The minimum Gasteiger partial charge on any atom is -0.399 e. The zero-order valence-corrected chi connectivity index (χ0v) is 9.48. The van der Waals surface area contributed by atoms with Gasteiger partial charge < -0.3 is 11.1 Å². The number of nitrogens with one attached hydrogen (secondary N) is 1. The lowest BCUT2D eigenvalue weighted by atomic mass is 10.2. The highest BCUT2D eigenvalue weighted by atomic mass is 35.5. The summed E-state index contributed by atoms with van der Waals surface area (Å²) in [5, 5.41) is 2.88. The van der Waals surface area contributed by atoms with E-state index in [1.807, 2.05) is 0 Å². The number of aromatic nitrogens is 2. The maximum atomic E-state index is 11.8. The van der Waals surface area contributed by atoms with E-state index in [0.717, 1.165) is 0 Å². The van der Waals surface area contributed by atoms with Gasteiger partial charge in [0.15, 0.2) is 5.82 Å². The Morgan fingerprint density at radius 1 is 1.35 bits per heavy atom. The molecule has 0 saturated heterocycles. The number of hydrogen-bond donors (Lipinski definition) is 2. The summed E-state index contributed by atoms with van der Waals surface area (Å²) in [6.45, 7) is 0. The van der Waals surface area contributed by atoms with Crippen molar-refractivity contribution in [1.82, 2.24) is 9.97 Å². The zero-order valence-electron chi connectivity index (χ0n) is 8.72. The summed E-state index contributed by atoms with van der Waals surface area (Å²) in [6, 6.07) is 4.69. The van der Waals surface area contributed by atoms with Crippen molar-refractivity contribution < 1.29 is 4.79 Å². The van der Waals surface area contributed by atoms with Crippen LogP contribution in [0.15, 0.2) is 36.8 Å². The Hall–Kier alpha value is -2.14.